The van der Waals surface area contributed by atoms with Gasteiger partial charge in [-0.1, -0.05) is 72.1 Å². The minimum Gasteiger partial charge on any atom is -0.320 e. The van der Waals surface area contributed by atoms with Gasteiger partial charge in [-0.15, -0.1) is 0 Å². The first-order valence-electron chi connectivity index (χ1n) is 8.58. The molecule has 0 aliphatic carbocycles. The third-order valence-electron chi connectivity index (χ3n) is 3.79. The lowest BCUT2D eigenvalue weighted by molar-refractivity contribution is -0.131. The molecule has 2 amide bonds. The van der Waals surface area contributed by atoms with Crippen molar-refractivity contribution >= 4 is 11.8 Å². The second kappa shape index (κ2) is 12.8. The summed E-state index contributed by atoms with van der Waals surface area (Å²) in [5.41, 5.74) is 5.69. The number of carbonyl (C=O) groups excluding carboxylic acids is 2. The molecule has 0 aromatic rings. The molecule has 0 saturated heterocycles. The van der Waals surface area contributed by atoms with Gasteiger partial charge >= 0.3 is 0 Å². The van der Waals surface area contributed by atoms with E-state index in [0.717, 1.165) is 12.8 Å². The Hall–Kier alpha value is -0.900. The molecule has 124 valence electrons. The first kappa shape index (κ1) is 20.1. The predicted octanol–water partition coefficient (Wildman–Crippen LogP) is 3.53. The Bertz CT molecular complexity index is 291. The van der Waals surface area contributed by atoms with Gasteiger partial charge in [0.25, 0.3) is 0 Å². The van der Waals surface area contributed by atoms with Gasteiger partial charge in [-0.2, -0.15) is 0 Å². The molecule has 4 heteroatoms. The van der Waals surface area contributed by atoms with Gasteiger partial charge in [0.1, 0.15) is 0 Å². The van der Waals surface area contributed by atoms with Crippen LogP contribution in [0.2, 0.25) is 0 Å². The summed E-state index contributed by atoms with van der Waals surface area (Å²) in [6.45, 7) is 5.97. The van der Waals surface area contributed by atoms with Gasteiger partial charge in [-0.3, -0.25) is 14.9 Å². The van der Waals surface area contributed by atoms with Gasteiger partial charge in [-0.25, -0.2) is 0 Å². The molecule has 0 aromatic heterocycles. The van der Waals surface area contributed by atoms with Gasteiger partial charge in [0.2, 0.25) is 11.8 Å². The van der Waals surface area contributed by atoms with Gasteiger partial charge in [0.15, 0.2) is 0 Å². The number of hydrogen-bond donors (Lipinski definition) is 2. The van der Waals surface area contributed by atoms with E-state index in [0.29, 0.717) is 6.42 Å². The molecule has 4 nitrogen and oxygen atoms in total. The van der Waals surface area contributed by atoms with E-state index in [4.69, 9.17) is 5.73 Å². The molecule has 1 atom stereocenters. The van der Waals surface area contributed by atoms with Crippen LogP contribution in [-0.2, 0) is 9.59 Å². The number of hydrogen-bond acceptors (Lipinski definition) is 3. The van der Waals surface area contributed by atoms with Crippen molar-refractivity contribution in [3.8, 4) is 0 Å². The highest BCUT2D eigenvalue weighted by Gasteiger charge is 2.18. The van der Waals surface area contributed by atoms with Crippen molar-refractivity contribution in [3.63, 3.8) is 0 Å². The SMILES string of the molecule is CCCCCCCCCCCC(=O)NC(=O)[C@@H](N)C(C)C. The summed E-state index contributed by atoms with van der Waals surface area (Å²) in [6.07, 6.45) is 11.4. The van der Waals surface area contributed by atoms with E-state index in [9.17, 15) is 9.59 Å². The number of amides is 2. The Morgan fingerprint density at radius 1 is 0.905 bits per heavy atom. The maximum Gasteiger partial charge on any atom is 0.243 e. The molecule has 0 saturated carbocycles. The lowest BCUT2D eigenvalue weighted by Crippen LogP contribution is -2.46. The number of carbonyl (C=O) groups is 2. The molecule has 0 aromatic carbocycles. The van der Waals surface area contributed by atoms with Crippen LogP contribution in [0.4, 0.5) is 0 Å². The third kappa shape index (κ3) is 11.4. The van der Waals surface area contributed by atoms with Crippen LogP contribution < -0.4 is 11.1 Å². The zero-order valence-electron chi connectivity index (χ0n) is 14.1. The Labute approximate surface area is 130 Å². The summed E-state index contributed by atoms with van der Waals surface area (Å²) in [7, 11) is 0. The second-order valence-electron chi connectivity index (χ2n) is 6.26. The second-order valence-corrected chi connectivity index (χ2v) is 6.26. The maximum absolute atomic E-state index is 11.6. The average Bonchev–Trinajstić information content (AvgIpc) is 2.44. The van der Waals surface area contributed by atoms with Crippen LogP contribution in [0.1, 0.15) is 85.0 Å². The Morgan fingerprint density at radius 2 is 1.38 bits per heavy atom. The van der Waals surface area contributed by atoms with E-state index < -0.39 is 6.04 Å². The van der Waals surface area contributed by atoms with Crippen molar-refractivity contribution in [2.75, 3.05) is 0 Å². The molecule has 21 heavy (non-hydrogen) atoms. The van der Waals surface area contributed by atoms with Crippen LogP contribution in [0.3, 0.4) is 0 Å². The largest absolute Gasteiger partial charge is 0.320 e. The topological polar surface area (TPSA) is 72.2 Å². The first-order chi connectivity index (χ1) is 9.99. The van der Waals surface area contributed by atoms with E-state index in [1.807, 2.05) is 13.8 Å². The lowest BCUT2D eigenvalue weighted by Gasteiger charge is -2.14. The lowest BCUT2D eigenvalue weighted by atomic mass is 10.0. The number of rotatable bonds is 12. The zero-order chi connectivity index (χ0) is 16.1. The molecular formula is C17H34N2O2. The summed E-state index contributed by atoms with van der Waals surface area (Å²) in [4.78, 5) is 23.2. The van der Waals surface area contributed by atoms with Crippen LogP contribution in [0.25, 0.3) is 0 Å². The Balaban J connectivity index is 3.48. The molecule has 0 bridgehead atoms. The standard InChI is InChI=1S/C17H34N2O2/c1-4-5-6-7-8-9-10-11-12-13-15(20)19-17(21)16(18)14(2)3/h14,16H,4-13,18H2,1-3H3,(H,19,20,21)/t16-/m0/s1. The predicted molar refractivity (Wildman–Crippen MR) is 87.8 cm³/mol. The quantitative estimate of drug-likeness (QED) is 0.541. The summed E-state index contributed by atoms with van der Waals surface area (Å²) < 4.78 is 0. The van der Waals surface area contributed by atoms with Crippen LogP contribution in [0.15, 0.2) is 0 Å². The van der Waals surface area contributed by atoms with Gasteiger partial charge < -0.3 is 5.73 Å². The van der Waals surface area contributed by atoms with Crippen LogP contribution >= 0.6 is 0 Å². The number of nitrogens with two attached hydrogens (primary N) is 1. The fourth-order valence-electron chi connectivity index (χ4n) is 2.18. The normalized spacial score (nSPS) is 12.4. The van der Waals surface area contributed by atoms with E-state index >= 15 is 0 Å². The van der Waals surface area contributed by atoms with E-state index in [1.54, 1.807) is 0 Å². The van der Waals surface area contributed by atoms with Crippen LogP contribution in [-0.4, -0.2) is 17.9 Å². The van der Waals surface area contributed by atoms with E-state index in [2.05, 4.69) is 12.2 Å². The van der Waals surface area contributed by atoms with Crippen molar-refractivity contribution in [1.29, 1.82) is 0 Å². The zero-order valence-corrected chi connectivity index (χ0v) is 14.1. The number of imide groups is 1. The molecular weight excluding hydrogens is 264 g/mol. The minimum atomic E-state index is -0.600. The highest BCUT2D eigenvalue weighted by atomic mass is 16.2. The summed E-state index contributed by atoms with van der Waals surface area (Å²) >= 11 is 0. The van der Waals surface area contributed by atoms with Crippen molar-refractivity contribution in [2.24, 2.45) is 11.7 Å². The molecule has 0 radical (unpaired) electrons. The monoisotopic (exact) mass is 298 g/mol. The summed E-state index contributed by atoms with van der Waals surface area (Å²) in [6, 6.07) is -0.600. The van der Waals surface area contributed by atoms with E-state index in [1.165, 1.54) is 44.9 Å². The van der Waals surface area contributed by atoms with E-state index in [-0.39, 0.29) is 17.7 Å². The highest BCUT2D eigenvalue weighted by Crippen LogP contribution is 2.10. The molecule has 0 spiro atoms. The molecule has 0 rings (SSSR count). The summed E-state index contributed by atoms with van der Waals surface area (Å²) in [5.74, 6) is -0.504. The average molecular weight is 298 g/mol. The van der Waals surface area contributed by atoms with Crippen molar-refractivity contribution in [2.45, 2.75) is 91.0 Å². The molecule has 3 N–H and O–H groups in total. The van der Waals surface area contributed by atoms with Crippen LogP contribution in [0, 0.1) is 5.92 Å². The highest BCUT2D eigenvalue weighted by molar-refractivity contribution is 5.97. The Morgan fingerprint density at radius 3 is 1.86 bits per heavy atom. The maximum atomic E-state index is 11.6. The minimum absolute atomic E-state index is 0.0468. The Kier molecular flexibility index (Phi) is 12.3. The molecule has 0 unspecified atom stereocenters. The number of nitrogens with one attached hydrogen (secondary N) is 1. The molecule has 0 aliphatic heterocycles. The third-order valence-corrected chi connectivity index (χ3v) is 3.79. The van der Waals surface area contributed by atoms with Gasteiger partial charge in [0.05, 0.1) is 6.04 Å². The molecule has 0 aliphatic rings. The summed E-state index contributed by atoms with van der Waals surface area (Å²) in [5, 5.41) is 2.38. The smallest absolute Gasteiger partial charge is 0.243 e. The molecule has 0 heterocycles. The fraction of sp³-hybridized carbons (Fsp3) is 0.882. The number of unbranched alkanes of at least 4 members (excludes halogenated alkanes) is 8. The van der Waals surface area contributed by atoms with Crippen LogP contribution in [0.5, 0.6) is 0 Å². The van der Waals surface area contributed by atoms with Gasteiger partial charge in [-0.05, 0) is 12.3 Å². The first-order valence-corrected chi connectivity index (χ1v) is 8.58. The van der Waals surface area contributed by atoms with Crippen molar-refractivity contribution in [1.82, 2.24) is 5.32 Å². The molecule has 0 fully saturated rings. The van der Waals surface area contributed by atoms with Crippen molar-refractivity contribution < 1.29 is 9.59 Å². The fourth-order valence-corrected chi connectivity index (χ4v) is 2.18. The van der Waals surface area contributed by atoms with Gasteiger partial charge in [0, 0.05) is 6.42 Å². The van der Waals surface area contributed by atoms with Crippen molar-refractivity contribution in [3.05, 3.63) is 0 Å².